The summed E-state index contributed by atoms with van der Waals surface area (Å²) in [6.07, 6.45) is 0.453. The summed E-state index contributed by atoms with van der Waals surface area (Å²) < 4.78 is 10.6. The Labute approximate surface area is 101 Å². The lowest BCUT2D eigenvalue weighted by molar-refractivity contribution is -0.141. The van der Waals surface area contributed by atoms with Gasteiger partial charge in [-0.05, 0) is 25.0 Å². The van der Waals surface area contributed by atoms with Crippen molar-refractivity contribution in [3.8, 4) is 11.5 Å². The molecule has 17 heavy (non-hydrogen) atoms. The van der Waals surface area contributed by atoms with E-state index in [-0.39, 0.29) is 0 Å². The number of carboxylic acids is 1. The Morgan fingerprint density at radius 3 is 2.71 bits per heavy atom. The van der Waals surface area contributed by atoms with E-state index in [1.807, 2.05) is 19.1 Å². The normalized spacial score (nSPS) is 11.9. The van der Waals surface area contributed by atoms with Gasteiger partial charge in [-0.25, -0.2) is 0 Å². The van der Waals surface area contributed by atoms with E-state index in [2.05, 4.69) is 0 Å². The smallest absolute Gasteiger partial charge is 0.306 e. The highest BCUT2D eigenvalue weighted by Gasteiger charge is 2.15. The van der Waals surface area contributed by atoms with Gasteiger partial charge in [0.1, 0.15) is 11.5 Å². The molecule has 1 rings (SSSR count). The molecule has 0 aliphatic rings. The van der Waals surface area contributed by atoms with Crippen molar-refractivity contribution < 1.29 is 19.4 Å². The second-order valence-corrected chi connectivity index (χ2v) is 3.85. The van der Waals surface area contributed by atoms with Crippen LogP contribution in [0.1, 0.15) is 19.4 Å². The summed E-state index contributed by atoms with van der Waals surface area (Å²) in [5.74, 6) is 0.172. The zero-order chi connectivity index (χ0) is 12.8. The predicted octanol–water partition coefficient (Wildman–Crippen LogP) is 2.36. The summed E-state index contributed by atoms with van der Waals surface area (Å²) >= 11 is 0. The van der Waals surface area contributed by atoms with Gasteiger partial charge in [0.2, 0.25) is 0 Å². The lowest BCUT2D eigenvalue weighted by Crippen LogP contribution is -2.13. The van der Waals surface area contributed by atoms with Gasteiger partial charge < -0.3 is 14.6 Å². The molecule has 1 aromatic carbocycles. The molecule has 0 amide bonds. The molecule has 1 atom stereocenters. The van der Waals surface area contributed by atoms with Gasteiger partial charge in [0.15, 0.2) is 0 Å². The number of ether oxygens (including phenoxy) is 2. The minimum absolute atomic E-state index is 0.428. The summed E-state index contributed by atoms with van der Waals surface area (Å²) in [6.45, 7) is 4.12. The Morgan fingerprint density at radius 2 is 2.18 bits per heavy atom. The molecule has 1 unspecified atom stereocenters. The molecular formula is C13H18O4. The zero-order valence-corrected chi connectivity index (χ0v) is 10.4. The van der Waals surface area contributed by atoms with Crippen molar-refractivity contribution in [2.45, 2.75) is 20.3 Å². The van der Waals surface area contributed by atoms with Crippen LogP contribution in [0.2, 0.25) is 0 Å². The number of rotatable bonds is 6. The lowest BCUT2D eigenvalue weighted by Gasteiger charge is -2.13. The van der Waals surface area contributed by atoms with Gasteiger partial charge in [0.05, 0.1) is 19.6 Å². The Morgan fingerprint density at radius 1 is 1.47 bits per heavy atom. The number of aliphatic carboxylic acids is 1. The van der Waals surface area contributed by atoms with Crippen LogP contribution < -0.4 is 9.47 Å². The second-order valence-electron chi connectivity index (χ2n) is 3.85. The third-order valence-corrected chi connectivity index (χ3v) is 2.52. The predicted molar refractivity (Wildman–Crippen MR) is 64.7 cm³/mol. The van der Waals surface area contributed by atoms with Gasteiger partial charge in [-0.15, -0.1) is 0 Å². The molecule has 0 bridgehead atoms. The molecule has 94 valence electrons. The van der Waals surface area contributed by atoms with E-state index in [0.29, 0.717) is 24.5 Å². The van der Waals surface area contributed by atoms with Crippen LogP contribution in [-0.4, -0.2) is 24.8 Å². The number of hydrogen-bond donors (Lipinski definition) is 1. The molecule has 0 radical (unpaired) electrons. The fourth-order valence-electron chi connectivity index (χ4n) is 1.54. The number of carboxylic acid groups (broad SMARTS) is 1. The monoisotopic (exact) mass is 238 g/mol. The molecule has 0 aliphatic heterocycles. The number of methoxy groups -OCH3 is 1. The van der Waals surface area contributed by atoms with E-state index in [1.54, 1.807) is 20.1 Å². The van der Waals surface area contributed by atoms with Gasteiger partial charge in [-0.2, -0.15) is 0 Å². The highest BCUT2D eigenvalue weighted by Crippen LogP contribution is 2.27. The van der Waals surface area contributed by atoms with E-state index in [0.717, 1.165) is 5.56 Å². The van der Waals surface area contributed by atoms with Crippen LogP contribution in [0.25, 0.3) is 0 Å². The molecule has 0 saturated carbocycles. The molecule has 4 heteroatoms. The molecule has 0 aromatic heterocycles. The fraction of sp³-hybridized carbons (Fsp3) is 0.462. The Balaban J connectivity index is 2.93. The van der Waals surface area contributed by atoms with Crippen molar-refractivity contribution in [2.75, 3.05) is 13.7 Å². The molecule has 0 saturated heterocycles. The molecule has 0 fully saturated rings. The van der Waals surface area contributed by atoms with Crippen LogP contribution in [-0.2, 0) is 11.2 Å². The van der Waals surface area contributed by atoms with E-state index in [9.17, 15) is 4.79 Å². The van der Waals surface area contributed by atoms with Crippen LogP contribution >= 0.6 is 0 Å². The minimum atomic E-state index is -0.803. The van der Waals surface area contributed by atoms with Crippen molar-refractivity contribution in [3.63, 3.8) is 0 Å². The highest BCUT2D eigenvalue weighted by atomic mass is 16.5. The summed E-state index contributed by atoms with van der Waals surface area (Å²) in [5.41, 5.74) is 0.891. The third kappa shape index (κ3) is 3.66. The van der Waals surface area contributed by atoms with Crippen molar-refractivity contribution in [2.24, 2.45) is 5.92 Å². The summed E-state index contributed by atoms with van der Waals surface area (Å²) in [5, 5.41) is 8.90. The molecular weight excluding hydrogens is 220 g/mol. The van der Waals surface area contributed by atoms with E-state index in [4.69, 9.17) is 14.6 Å². The van der Waals surface area contributed by atoms with Crippen LogP contribution in [0, 0.1) is 5.92 Å². The number of hydrogen-bond acceptors (Lipinski definition) is 3. The van der Waals surface area contributed by atoms with Crippen molar-refractivity contribution in [1.29, 1.82) is 0 Å². The minimum Gasteiger partial charge on any atom is -0.497 e. The maximum absolute atomic E-state index is 10.8. The standard InChI is InChI=1S/C13H18O4/c1-4-17-12-8-11(16-3)6-5-10(12)7-9(2)13(14)15/h5-6,8-9H,4,7H2,1-3H3,(H,14,15). The van der Waals surface area contributed by atoms with Gasteiger partial charge in [0.25, 0.3) is 0 Å². The van der Waals surface area contributed by atoms with E-state index < -0.39 is 11.9 Å². The molecule has 1 aromatic rings. The van der Waals surface area contributed by atoms with Gasteiger partial charge in [-0.3, -0.25) is 4.79 Å². The van der Waals surface area contributed by atoms with Crippen LogP contribution in [0.4, 0.5) is 0 Å². The topological polar surface area (TPSA) is 55.8 Å². The molecule has 0 heterocycles. The number of benzene rings is 1. The quantitative estimate of drug-likeness (QED) is 0.826. The molecule has 1 N–H and O–H groups in total. The van der Waals surface area contributed by atoms with Crippen molar-refractivity contribution in [3.05, 3.63) is 23.8 Å². The van der Waals surface area contributed by atoms with Gasteiger partial charge >= 0.3 is 5.97 Å². The van der Waals surface area contributed by atoms with E-state index in [1.165, 1.54) is 0 Å². The molecule has 0 spiro atoms. The maximum atomic E-state index is 10.8. The Hall–Kier alpha value is -1.71. The first-order valence-electron chi connectivity index (χ1n) is 5.61. The Kier molecular flexibility index (Phi) is 4.82. The first kappa shape index (κ1) is 13.4. The van der Waals surface area contributed by atoms with Crippen LogP contribution in [0.5, 0.6) is 11.5 Å². The average Bonchev–Trinajstić information content (AvgIpc) is 2.31. The maximum Gasteiger partial charge on any atom is 0.306 e. The summed E-state index contributed by atoms with van der Waals surface area (Å²) in [6, 6.07) is 5.45. The average molecular weight is 238 g/mol. The summed E-state index contributed by atoms with van der Waals surface area (Å²) in [7, 11) is 1.59. The third-order valence-electron chi connectivity index (χ3n) is 2.52. The van der Waals surface area contributed by atoms with Gasteiger partial charge in [-0.1, -0.05) is 13.0 Å². The molecule has 4 nitrogen and oxygen atoms in total. The van der Waals surface area contributed by atoms with Crippen LogP contribution in [0.3, 0.4) is 0 Å². The van der Waals surface area contributed by atoms with Crippen molar-refractivity contribution in [1.82, 2.24) is 0 Å². The zero-order valence-electron chi connectivity index (χ0n) is 10.4. The second kappa shape index (κ2) is 6.13. The largest absolute Gasteiger partial charge is 0.497 e. The highest BCUT2D eigenvalue weighted by molar-refractivity contribution is 5.70. The first-order valence-corrected chi connectivity index (χ1v) is 5.61. The van der Waals surface area contributed by atoms with Crippen LogP contribution in [0.15, 0.2) is 18.2 Å². The Bertz CT molecular complexity index is 387. The van der Waals surface area contributed by atoms with Crippen molar-refractivity contribution >= 4 is 5.97 Å². The number of carbonyl (C=O) groups is 1. The van der Waals surface area contributed by atoms with E-state index >= 15 is 0 Å². The SMILES string of the molecule is CCOc1cc(OC)ccc1CC(C)C(=O)O. The summed E-state index contributed by atoms with van der Waals surface area (Å²) in [4.78, 5) is 10.8. The lowest BCUT2D eigenvalue weighted by atomic mass is 10.0. The molecule has 0 aliphatic carbocycles. The fourth-order valence-corrected chi connectivity index (χ4v) is 1.54. The first-order chi connectivity index (χ1) is 8.08. The van der Waals surface area contributed by atoms with Gasteiger partial charge in [0, 0.05) is 6.07 Å².